The number of H-pyrrole nitrogens is 1. The molecule has 0 bridgehead atoms. The van der Waals surface area contributed by atoms with Crippen LogP contribution in [0.5, 0.6) is 0 Å². The molecule has 0 aliphatic heterocycles. The Hall–Kier alpha value is -2.43. The molecule has 3 rings (SSSR count). The maximum Gasteiger partial charge on any atom is 0.126 e. The topological polar surface area (TPSA) is 40.7 Å². The number of nitrogens with zero attached hydrogens (tertiary/aromatic N) is 1. The van der Waals surface area contributed by atoms with Crippen LogP contribution in [0.4, 0.5) is 14.5 Å². The minimum Gasteiger partial charge on any atom is -0.381 e. The number of benzene rings is 2. The number of nitrogens with one attached hydrogen (secondary N) is 2. The van der Waals surface area contributed by atoms with Gasteiger partial charge in [0.15, 0.2) is 0 Å². The summed E-state index contributed by atoms with van der Waals surface area (Å²) in [6.07, 6.45) is 1.62. The van der Waals surface area contributed by atoms with Crippen molar-refractivity contribution < 1.29 is 8.78 Å². The summed E-state index contributed by atoms with van der Waals surface area (Å²) in [6, 6.07) is 9.13. The van der Waals surface area contributed by atoms with Crippen LogP contribution in [-0.4, -0.2) is 9.97 Å². The van der Waals surface area contributed by atoms with Crippen LogP contribution < -0.4 is 5.32 Å². The second-order valence-corrected chi connectivity index (χ2v) is 4.27. The van der Waals surface area contributed by atoms with Crippen LogP contribution in [0.3, 0.4) is 0 Å². The Morgan fingerprint density at radius 2 is 1.84 bits per heavy atom. The van der Waals surface area contributed by atoms with Crippen molar-refractivity contribution in [2.24, 2.45) is 0 Å². The average Bonchev–Trinajstić information content (AvgIpc) is 2.82. The summed E-state index contributed by atoms with van der Waals surface area (Å²) < 4.78 is 26.1. The Bertz CT molecular complexity index is 701. The van der Waals surface area contributed by atoms with Gasteiger partial charge in [0.25, 0.3) is 0 Å². The molecule has 1 aromatic heterocycles. The lowest BCUT2D eigenvalue weighted by atomic mass is 10.2. The number of anilines is 1. The maximum atomic E-state index is 13.0. The Labute approximate surface area is 108 Å². The highest BCUT2D eigenvalue weighted by Crippen LogP contribution is 2.17. The number of fused-ring (bicyclic) bond motifs is 1. The van der Waals surface area contributed by atoms with Crippen molar-refractivity contribution in [2.45, 2.75) is 6.54 Å². The maximum absolute atomic E-state index is 13.0. The molecule has 0 amide bonds. The van der Waals surface area contributed by atoms with Crippen molar-refractivity contribution in [1.29, 1.82) is 0 Å². The average molecular weight is 259 g/mol. The highest BCUT2D eigenvalue weighted by atomic mass is 19.1. The smallest absolute Gasteiger partial charge is 0.126 e. The third-order valence-corrected chi connectivity index (χ3v) is 2.84. The summed E-state index contributed by atoms with van der Waals surface area (Å²) in [6.45, 7) is 0.355. The molecular weight excluding hydrogens is 248 g/mol. The fraction of sp³-hybridized carbons (Fsp3) is 0.0714. The van der Waals surface area contributed by atoms with E-state index < -0.39 is 11.6 Å². The second kappa shape index (κ2) is 4.68. The number of hydrogen-bond acceptors (Lipinski definition) is 2. The van der Waals surface area contributed by atoms with Crippen LogP contribution >= 0.6 is 0 Å². The molecule has 0 spiro atoms. The van der Waals surface area contributed by atoms with E-state index in [9.17, 15) is 8.78 Å². The van der Waals surface area contributed by atoms with Crippen LogP contribution in [0.15, 0.2) is 42.7 Å². The molecule has 5 heteroatoms. The van der Waals surface area contributed by atoms with Crippen molar-refractivity contribution >= 4 is 16.7 Å². The molecule has 0 atom stereocenters. The quantitative estimate of drug-likeness (QED) is 0.756. The summed E-state index contributed by atoms with van der Waals surface area (Å²) >= 11 is 0. The van der Waals surface area contributed by atoms with E-state index in [0.717, 1.165) is 22.8 Å². The normalized spacial score (nSPS) is 10.8. The van der Waals surface area contributed by atoms with Crippen LogP contribution in [0.1, 0.15) is 5.56 Å². The zero-order chi connectivity index (χ0) is 13.2. The van der Waals surface area contributed by atoms with E-state index >= 15 is 0 Å². The van der Waals surface area contributed by atoms with E-state index in [-0.39, 0.29) is 0 Å². The molecule has 96 valence electrons. The first kappa shape index (κ1) is 11.6. The third kappa shape index (κ3) is 2.54. The SMILES string of the molecule is Fc1cc(F)cc(CNc2ccc3nc[nH]c3c2)c1. The van der Waals surface area contributed by atoms with E-state index in [1.54, 1.807) is 6.33 Å². The first-order valence-electron chi connectivity index (χ1n) is 5.83. The monoisotopic (exact) mass is 259 g/mol. The van der Waals surface area contributed by atoms with Gasteiger partial charge in [-0.1, -0.05) is 0 Å². The number of aromatic amines is 1. The molecule has 2 aromatic carbocycles. The van der Waals surface area contributed by atoms with Crippen molar-refractivity contribution in [3.8, 4) is 0 Å². The van der Waals surface area contributed by atoms with Crippen molar-refractivity contribution in [3.05, 3.63) is 59.9 Å². The number of hydrogen-bond donors (Lipinski definition) is 2. The molecule has 0 radical (unpaired) electrons. The van der Waals surface area contributed by atoms with Gasteiger partial charge in [-0.05, 0) is 35.9 Å². The molecule has 19 heavy (non-hydrogen) atoms. The molecular formula is C14H11F2N3. The minimum absolute atomic E-state index is 0.355. The van der Waals surface area contributed by atoms with Gasteiger partial charge in [0.1, 0.15) is 11.6 Å². The van der Waals surface area contributed by atoms with Crippen LogP contribution in [-0.2, 0) is 6.54 Å². The largest absolute Gasteiger partial charge is 0.381 e. The first-order chi connectivity index (χ1) is 9.20. The van der Waals surface area contributed by atoms with Crippen LogP contribution in [0, 0.1) is 11.6 Å². The van der Waals surface area contributed by atoms with Crippen LogP contribution in [0.2, 0.25) is 0 Å². The van der Waals surface area contributed by atoms with E-state index in [1.807, 2.05) is 18.2 Å². The Kier molecular flexibility index (Phi) is 2.87. The Morgan fingerprint density at radius 3 is 2.63 bits per heavy atom. The van der Waals surface area contributed by atoms with E-state index in [2.05, 4.69) is 15.3 Å². The highest BCUT2D eigenvalue weighted by molar-refractivity contribution is 5.78. The zero-order valence-corrected chi connectivity index (χ0v) is 9.95. The summed E-state index contributed by atoms with van der Waals surface area (Å²) in [5.41, 5.74) is 3.21. The van der Waals surface area contributed by atoms with Crippen molar-refractivity contribution in [1.82, 2.24) is 9.97 Å². The van der Waals surface area contributed by atoms with Gasteiger partial charge >= 0.3 is 0 Å². The van der Waals surface area contributed by atoms with Gasteiger partial charge in [-0.15, -0.1) is 0 Å². The number of imidazole rings is 1. The summed E-state index contributed by atoms with van der Waals surface area (Å²) in [5.74, 6) is -1.14. The summed E-state index contributed by atoms with van der Waals surface area (Å²) in [7, 11) is 0. The molecule has 1 heterocycles. The highest BCUT2D eigenvalue weighted by Gasteiger charge is 2.02. The third-order valence-electron chi connectivity index (χ3n) is 2.84. The minimum atomic E-state index is -0.569. The molecule has 3 aromatic rings. The molecule has 0 saturated carbocycles. The van der Waals surface area contributed by atoms with Gasteiger partial charge in [0.2, 0.25) is 0 Å². The predicted octanol–water partition coefficient (Wildman–Crippen LogP) is 3.45. The lowest BCUT2D eigenvalue weighted by molar-refractivity contribution is 0.580. The number of halogens is 2. The molecule has 2 N–H and O–H groups in total. The molecule has 0 saturated heterocycles. The summed E-state index contributed by atoms with van der Waals surface area (Å²) in [4.78, 5) is 7.12. The first-order valence-corrected chi connectivity index (χ1v) is 5.83. The van der Waals surface area contributed by atoms with E-state index in [4.69, 9.17) is 0 Å². The van der Waals surface area contributed by atoms with Gasteiger partial charge in [0, 0.05) is 18.3 Å². The lowest BCUT2D eigenvalue weighted by Crippen LogP contribution is -2.00. The fourth-order valence-electron chi connectivity index (χ4n) is 1.96. The Balaban J connectivity index is 1.77. The standard InChI is InChI=1S/C14H11F2N3/c15-10-3-9(4-11(16)5-10)7-17-12-1-2-13-14(6-12)19-8-18-13/h1-6,8,17H,7H2,(H,18,19). The molecule has 0 aliphatic rings. The lowest BCUT2D eigenvalue weighted by Gasteiger charge is -2.07. The van der Waals surface area contributed by atoms with Crippen LogP contribution in [0.25, 0.3) is 11.0 Å². The second-order valence-electron chi connectivity index (χ2n) is 4.27. The van der Waals surface area contributed by atoms with Crippen molar-refractivity contribution in [2.75, 3.05) is 5.32 Å². The Morgan fingerprint density at radius 1 is 1.05 bits per heavy atom. The number of aromatic nitrogens is 2. The van der Waals surface area contributed by atoms with Gasteiger partial charge < -0.3 is 10.3 Å². The molecule has 0 aliphatic carbocycles. The van der Waals surface area contributed by atoms with Gasteiger partial charge in [-0.3, -0.25) is 0 Å². The van der Waals surface area contributed by atoms with Gasteiger partial charge in [-0.25, -0.2) is 13.8 Å². The molecule has 0 fully saturated rings. The summed E-state index contributed by atoms with van der Waals surface area (Å²) in [5, 5.41) is 3.12. The van der Waals surface area contributed by atoms with Gasteiger partial charge in [-0.2, -0.15) is 0 Å². The molecule has 0 unspecified atom stereocenters. The number of rotatable bonds is 3. The fourth-order valence-corrected chi connectivity index (χ4v) is 1.96. The predicted molar refractivity (Wildman–Crippen MR) is 69.8 cm³/mol. The molecule has 3 nitrogen and oxygen atoms in total. The van der Waals surface area contributed by atoms with E-state index in [1.165, 1.54) is 12.1 Å². The van der Waals surface area contributed by atoms with Gasteiger partial charge in [0.05, 0.1) is 17.4 Å². The van der Waals surface area contributed by atoms with Crippen molar-refractivity contribution in [3.63, 3.8) is 0 Å². The van der Waals surface area contributed by atoms with E-state index in [0.29, 0.717) is 12.1 Å². The zero-order valence-electron chi connectivity index (χ0n) is 9.95.